The second kappa shape index (κ2) is 30.5. The Labute approximate surface area is 701 Å². The summed E-state index contributed by atoms with van der Waals surface area (Å²) in [6, 6.07) is 25.1. The minimum absolute atomic E-state index is 0.0116. The Kier molecular flexibility index (Phi) is 19.0. The number of aromatic nitrogens is 15. The van der Waals surface area contributed by atoms with Crippen LogP contribution in [0.4, 0.5) is 61.1 Å². The van der Waals surface area contributed by atoms with Crippen LogP contribution in [0, 0.1) is 11.6 Å². The maximum absolute atomic E-state index is 15.7. The lowest BCUT2D eigenvalue weighted by Crippen LogP contribution is -2.40. The van der Waals surface area contributed by atoms with Crippen LogP contribution in [0.5, 0.6) is 17.2 Å². The van der Waals surface area contributed by atoms with Gasteiger partial charge in [0.15, 0.2) is 101 Å². The van der Waals surface area contributed by atoms with Crippen molar-refractivity contribution in [3.05, 3.63) is 210 Å². The molecule has 3 amide bonds. The van der Waals surface area contributed by atoms with E-state index in [0.29, 0.717) is 92.2 Å². The maximum Gasteiger partial charge on any atom is 0.278 e. The molecular weight excluding hydrogens is 1580 g/mol. The number of fused-ring (bicyclic) bond motifs is 20. The van der Waals surface area contributed by atoms with Crippen LogP contribution in [0.2, 0.25) is 0 Å². The molecule has 123 heavy (non-hydrogen) atoms. The van der Waals surface area contributed by atoms with Crippen LogP contribution < -0.4 is 61.5 Å². The highest BCUT2D eigenvalue weighted by molar-refractivity contribution is 5.99. The molecule has 2 spiro atoms. The monoisotopic (exact) mass is 1660 g/mol. The topological polar surface area (TPSA) is 331 Å². The zero-order valence-corrected chi connectivity index (χ0v) is 67.9. The number of anilines is 9. The van der Waals surface area contributed by atoms with Crippen molar-refractivity contribution in [2.45, 2.75) is 121 Å². The van der Waals surface area contributed by atoms with Gasteiger partial charge in [-0.05, 0) is 174 Å². The van der Waals surface area contributed by atoms with Crippen LogP contribution in [-0.4, -0.2) is 186 Å². The van der Waals surface area contributed by atoms with E-state index in [1.165, 1.54) is 112 Å². The summed E-state index contributed by atoms with van der Waals surface area (Å²) < 4.78 is 56.7. The summed E-state index contributed by atoms with van der Waals surface area (Å²) >= 11 is 0. The summed E-state index contributed by atoms with van der Waals surface area (Å²) in [5.74, 6) is 0.823. The van der Waals surface area contributed by atoms with Gasteiger partial charge in [-0.3, -0.25) is 43.5 Å². The number of halogens is 2. The Morgan fingerprint density at radius 1 is 0.398 bits per heavy atom. The van der Waals surface area contributed by atoms with Gasteiger partial charge in [0.2, 0.25) is 17.8 Å². The van der Waals surface area contributed by atoms with E-state index in [1.807, 2.05) is 54.7 Å². The van der Waals surface area contributed by atoms with E-state index < -0.39 is 11.6 Å². The van der Waals surface area contributed by atoms with E-state index in [9.17, 15) is 28.8 Å². The van der Waals surface area contributed by atoms with Crippen molar-refractivity contribution in [2.75, 3.05) is 111 Å². The van der Waals surface area contributed by atoms with E-state index in [2.05, 4.69) is 113 Å². The summed E-state index contributed by atoms with van der Waals surface area (Å²) in [4.78, 5) is 132. The van der Waals surface area contributed by atoms with Crippen LogP contribution in [0.15, 0.2) is 148 Å². The molecule has 3 N–H and O–H groups in total. The smallest absolute Gasteiger partial charge is 0.278 e. The molecule has 9 aromatic heterocycles. The van der Waals surface area contributed by atoms with E-state index >= 15 is 8.78 Å². The van der Waals surface area contributed by atoms with Gasteiger partial charge in [-0.25, -0.2) is 66.8 Å². The molecule has 12 aromatic rings. The standard InChI is InChI=1S/2C30H29FN8O3.C28H28N8O3/c1-36-15-18-12-19(6-7-21(18)30(17-36)8-9-30)33-29-32-14-20-26(35-29)39-23-13-22(31)25-27(34-23)37(24(40)16-42-25)10-4-2-3-5-11-38(39)28(20)41;1-36-15-18-12-19(6-7-21(18)30(17-36)8-9-30)33-29-32-14-20-25(35-29)39-26-22(31)13-23-27(34-26)37(24(40)16-42-23)10-4-2-3-5-11-38(39)28(20)41;1-33-13-10-18-6-7-20(14-19(18)16-33)30-28-29-15-21-25(32-28)36-23-9-8-22-26(31-23)34(24(37)17-39-22)11-4-2-3-5-12-35(36)27(21)38/h2*3,5-7,12-14H,2,4,8-11,15-17H2,1H3,(H,32,33,35);3,5-9,14-15H,2,4,10-13,16-17H2,1H3,(H,29,30,32). The van der Waals surface area contributed by atoms with Gasteiger partial charge >= 0.3 is 0 Å². The SMILES string of the molecule is CN1CCc2ccc(Nc3ncc4c(=O)n5n(c4n3)-c3ccc4c(n3)N(CCCC=CC5)C(=O)CO4)cc2C1.CN1Cc2cc(Nc3ncc4c(=O)n5n(c4n3)-c3cc(F)c4c(n3)N(CCCC=CC5)C(=O)CO4)ccc2C2(CC2)C1.CN1Cc2cc(Nc3ncc4c(=O)n5n(c4n3)-c3nc4c(cc3F)OCC(=O)N4CCCC=CC5)ccc2C2(CC2)C1. The summed E-state index contributed by atoms with van der Waals surface area (Å²) in [6.07, 6.45) is 26.4. The van der Waals surface area contributed by atoms with E-state index in [4.69, 9.17) is 34.1 Å². The molecule has 0 atom stereocenters. The Bertz CT molecular complexity index is 6710. The number of carbonyl (C=O) groups is 3. The third-order valence-corrected chi connectivity index (χ3v) is 24.9. The van der Waals surface area contributed by atoms with Crippen molar-refractivity contribution in [3.63, 3.8) is 0 Å². The Hall–Kier alpha value is -13.7. The molecule has 2 aliphatic carbocycles. The molecule has 0 unspecified atom stereocenters. The number of likely N-dealkylation sites (N-methyl/N-ethyl adjacent to an activating group) is 3. The van der Waals surface area contributed by atoms with Crippen LogP contribution in [0.3, 0.4) is 0 Å². The average Bonchev–Trinajstić information content (AvgIpc) is 1.60. The molecule has 9 aliphatic heterocycles. The molecular formula is C88H86F2N24O9. The number of amides is 3. The molecule has 2 saturated carbocycles. The number of nitrogens with one attached hydrogen (secondary N) is 3. The van der Waals surface area contributed by atoms with Crippen molar-refractivity contribution >= 4 is 103 Å². The molecule has 0 saturated heterocycles. The number of hydrogen-bond acceptors (Lipinski definition) is 24. The first-order valence-electron chi connectivity index (χ1n) is 41.7. The summed E-state index contributed by atoms with van der Waals surface area (Å²) in [6.45, 7) is 7.55. The highest BCUT2D eigenvalue weighted by atomic mass is 19.1. The zero-order valence-electron chi connectivity index (χ0n) is 67.9. The predicted molar refractivity (Wildman–Crippen MR) is 455 cm³/mol. The van der Waals surface area contributed by atoms with E-state index in [0.717, 1.165) is 75.6 Å². The molecule has 626 valence electrons. The van der Waals surface area contributed by atoms with Crippen LogP contribution in [0.1, 0.15) is 97.6 Å². The largest absolute Gasteiger partial charge is 0.480 e. The second-order valence-electron chi connectivity index (χ2n) is 33.5. The number of benzene rings is 3. The number of pyridine rings is 3. The van der Waals surface area contributed by atoms with E-state index in [1.54, 1.807) is 32.6 Å². The summed E-state index contributed by atoms with van der Waals surface area (Å²) in [7, 11) is 6.43. The van der Waals surface area contributed by atoms with Crippen LogP contribution >= 0.6 is 0 Å². The summed E-state index contributed by atoms with van der Waals surface area (Å²) in [5, 5.41) is 10.8. The predicted octanol–water partition coefficient (Wildman–Crippen LogP) is 9.61. The molecule has 23 rings (SSSR count). The van der Waals surface area contributed by atoms with Gasteiger partial charge in [-0.1, -0.05) is 54.7 Å². The van der Waals surface area contributed by atoms with Crippen molar-refractivity contribution in [1.82, 2.24) is 87.6 Å². The average molecular weight is 1660 g/mol. The van der Waals surface area contributed by atoms with Gasteiger partial charge in [0, 0.05) is 118 Å². The Morgan fingerprint density at radius 3 is 1.37 bits per heavy atom. The molecule has 0 radical (unpaired) electrons. The lowest BCUT2D eigenvalue weighted by Gasteiger charge is -2.32. The maximum atomic E-state index is 15.7. The molecule has 33 nitrogen and oxygen atoms in total. The number of hydrogen-bond donors (Lipinski definition) is 3. The number of allylic oxidation sites excluding steroid dienone is 6. The minimum Gasteiger partial charge on any atom is -0.480 e. The normalized spacial score (nSPS) is 18.5. The zero-order chi connectivity index (χ0) is 83.7. The Morgan fingerprint density at radius 2 is 0.846 bits per heavy atom. The molecule has 2 fully saturated rings. The van der Waals surface area contributed by atoms with Crippen molar-refractivity contribution in [2.24, 2.45) is 0 Å². The highest BCUT2D eigenvalue weighted by Crippen LogP contribution is 2.54. The number of ether oxygens (including phenoxy) is 3. The third-order valence-electron chi connectivity index (χ3n) is 24.9. The minimum atomic E-state index is -0.698. The first-order valence-corrected chi connectivity index (χ1v) is 41.7. The van der Waals surface area contributed by atoms with E-state index in [-0.39, 0.29) is 141 Å². The molecule has 6 bridgehead atoms. The number of carbonyl (C=O) groups excluding carboxylic acids is 3. The molecule has 35 heteroatoms. The van der Waals surface area contributed by atoms with Gasteiger partial charge in [0.05, 0.1) is 19.6 Å². The third kappa shape index (κ3) is 13.9. The van der Waals surface area contributed by atoms with Crippen LogP contribution in [-0.2, 0) is 70.9 Å². The van der Waals surface area contributed by atoms with Gasteiger partial charge in [-0.2, -0.15) is 15.0 Å². The lowest BCUT2D eigenvalue weighted by molar-refractivity contribution is -0.122. The fourth-order valence-electron chi connectivity index (χ4n) is 18.6. The van der Waals surface area contributed by atoms with Gasteiger partial charge < -0.3 is 44.9 Å². The van der Waals surface area contributed by atoms with Gasteiger partial charge in [0.25, 0.3) is 34.4 Å². The fraction of sp³-hybridized carbons (Fsp3) is 0.352. The molecule has 11 aliphatic rings. The molecule has 3 aromatic carbocycles. The number of nitrogens with zero attached hydrogens (tertiary/aromatic N) is 21. The van der Waals surface area contributed by atoms with Crippen molar-refractivity contribution < 1.29 is 37.4 Å². The quantitative estimate of drug-likeness (QED) is 0.130. The summed E-state index contributed by atoms with van der Waals surface area (Å²) in [5.41, 5.74) is 11.2. The fourth-order valence-corrected chi connectivity index (χ4v) is 18.6. The lowest BCUT2D eigenvalue weighted by atomic mass is 9.87. The van der Waals surface area contributed by atoms with Gasteiger partial charge in [0.1, 0.15) is 16.2 Å². The molecule has 18 heterocycles. The van der Waals surface area contributed by atoms with Crippen LogP contribution in [0.25, 0.3) is 50.6 Å². The van der Waals surface area contributed by atoms with Gasteiger partial charge in [-0.15, -0.1) is 0 Å². The first kappa shape index (κ1) is 76.7. The second-order valence-corrected chi connectivity index (χ2v) is 33.5. The van der Waals surface area contributed by atoms with Crippen molar-refractivity contribution in [1.29, 1.82) is 0 Å². The van der Waals surface area contributed by atoms with Crippen molar-refractivity contribution in [3.8, 4) is 34.7 Å². The Balaban J connectivity index is 0.000000113. The number of rotatable bonds is 6. The highest BCUT2D eigenvalue weighted by Gasteiger charge is 2.50. The first-order chi connectivity index (χ1) is 59.8.